The predicted octanol–water partition coefficient (Wildman–Crippen LogP) is 7.66. The van der Waals surface area contributed by atoms with Crippen molar-refractivity contribution in [3.8, 4) is 0 Å². The van der Waals surface area contributed by atoms with Crippen molar-refractivity contribution in [2.24, 2.45) is 0 Å². The minimum atomic E-state index is -0.309. The minimum absolute atomic E-state index is 0.0513. The number of fused-ring (bicyclic) bond motifs is 8. The first kappa shape index (κ1) is 19.6. The fourth-order valence-corrected chi connectivity index (χ4v) is 6.74. The van der Waals surface area contributed by atoms with Gasteiger partial charge in [0, 0.05) is 10.8 Å². The van der Waals surface area contributed by atoms with Crippen LogP contribution in [0.4, 0.5) is 0 Å². The largest absolute Gasteiger partial charge is 0.0713 e. The molecule has 0 nitrogen and oxygen atoms in total. The van der Waals surface area contributed by atoms with Gasteiger partial charge in [0.25, 0.3) is 0 Å². The van der Waals surface area contributed by atoms with E-state index in [1.807, 2.05) is 0 Å². The molecule has 2 aliphatic carbocycles. The van der Waals surface area contributed by atoms with Gasteiger partial charge in [-0.2, -0.15) is 0 Å². The van der Waals surface area contributed by atoms with Crippen molar-refractivity contribution >= 4 is 0 Å². The molecule has 0 aliphatic heterocycles. The van der Waals surface area contributed by atoms with Gasteiger partial charge in [0.15, 0.2) is 0 Å². The zero-order chi connectivity index (χ0) is 22.3. The van der Waals surface area contributed by atoms with Crippen molar-refractivity contribution in [1.29, 1.82) is 0 Å². The summed E-state index contributed by atoms with van der Waals surface area (Å²) in [5, 5.41) is 0. The van der Waals surface area contributed by atoms with E-state index >= 15 is 0 Å². The third-order valence-electron chi connectivity index (χ3n) is 8.27. The Morgan fingerprint density at radius 1 is 0.406 bits per heavy atom. The maximum absolute atomic E-state index is 2.46. The fraction of sp³-hybridized carbons (Fsp3) is 0.250. The lowest BCUT2D eigenvalue weighted by Gasteiger charge is -2.53. The number of benzene rings is 4. The zero-order valence-corrected chi connectivity index (χ0v) is 19.7. The monoisotopic (exact) mass is 414 g/mol. The summed E-state index contributed by atoms with van der Waals surface area (Å²) in [7, 11) is 0. The Labute approximate surface area is 192 Å². The van der Waals surface area contributed by atoms with Gasteiger partial charge in [-0.3, -0.25) is 0 Å². The molecule has 2 aliphatic rings. The summed E-state index contributed by atoms with van der Waals surface area (Å²) in [5.74, 6) is 0. The van der Waals surface area contributed by atoms with Gasteiger partial charge in [0.05, 0.1) is 5.41 Å². The van der Waals surface area contributed by atoms with Gasteiger partial charge in [0.2, 0.25) is 0 Å². The Bertz CT molecular complexity index is 1280. The molecule has 1 spiro atoms. The number of hydrogen-bond acceptors (Lipinski definition) is 0. The van der Waals surface area contributed by atoms with E-state index in [1.54, 1.807) is 0 Å². The van der Waals surface area contributed by atoms with Gasteiger partial charge in [-0.15, -0.1) is 0 Å². The van der Waals surface area contributed by atoms with Crippen LogP contribution in [0.15, 0.2) is 91.0 Å². The Hall–Kier alpha value is -3.12. The van der Waals surface area contributed by atoms with Gasteiger partial charge in [0.1, 0.15) is 0 Å². The normalized spacial score (nSPS) is 18.3. The predicted molar refractivity (Wildman–Crippen MR) is 134 cm³/mol. The highest BCUT2D eigenvalue weighted by Gasteiger charge is 2.54. The highest BCUT2D eigenvalue weighted by Crippen LogP contribution is 2.61. The Morgan fingerprint density at radius 3 is 1.16 bits per heavy atom. The third-order valence-corrected chi connectivity index (χ3v) is 8.27. The SMILES string of the molecule is Cc1ccc2c(c1)C1(c3ccccc3C(C)(C)c3ccccc31)c1ccccc1C2(C)C. The maximum atomic E-state index is 2.46. The molecule has 32 heavy (non-hydrogen) atoms. The van der Waals surface area contributed by atoms with Crippen LogP contribution in [0.1, 0.15) is 77.8 Å². The van der Waals surface area contributed by atoms with Crippen LogP contribution in [0.3, 0.4) is 0 Å². The summed E-state index contributed by atoms with van der Waals surface area (Å²) in [4.78, 5) is 0. The van der Waals surface area contributed by atoms with Crippen LogP contribution < -0.4 is 0 Å². The summed E-state index contributed by atoms with van der Waals surface area (Å²) >= 11 is 0. The summed E-state index contributed by atoms with van der Waals surface area (Å²) in [6.07, 6.45) is 0. The van der Waals surface area contributed by atoms with Gasteiger partial charge in [-0.25, -0.2) is 0 Å². The molecule has 158 valence electrons. The van der Waals surface area contributed by atoms with Crippen LogP contribution in [-0.4, -0.2) is 0 Å². The molecule has 0 saturated heterocycles. The third kappa shape index (κ3) is 2.18. The molecule has 0 unspecified atom stereocenters. The molecule has 0 amide bonds. The maximum Gasteiger partial charge on any atom is 0.0713 e. The topological polar surface area (TPSA) is 0 Å². The van der Waals surface area contributed by atoms with E-state index in [0.717, 1.165) is 0 Å². The lowest BCUT2D eigenvalue weighted by Crippen LogP contribution is -2.47. The van der Waals surface area contributed by atoms with Crippen LogP contribution in [0.5, 0.6) is 0 Å². The van der Waals surface area contributed by atoms with Crippen molar-refractivity contribution in [2.45, 2.75) is 50.9 Å². The molecule has 4 aromatic carbocycles. The molecule has 6 rings (SSSR count). The van der Waals surface area contributed by atoms with Gasteiger partial charge < -0.3 is 0 Å². The highest BCUT2D eigenvalue weighted by atomic mass is 14.6. The second-order valence-electron chi connectivity index (χ2n) is 10.7. The molecule has 0 radical (unpaired) electrons. The molecule has 0 bridgehead atoms. The molecule has 4 aromatic rings. The van der Waals surface area contributed by atoms with Crippen molar-refractivity contribution in [2.75, 3.05) is 0 Å². The molecule has 0 fully saturated rings. The van der Waals surface area contributed by atoms with E-state index in [0.29, 0.717) is 0 Å². The highest BCUT2D eigenvalue weighted by molar-refractivity contribution is 5.75. The van der Waals surface area contributed by atoms with Gasteiger partial charge in [-0.05, 0) is 51.4 Å². The molecule has 0 aromatic heterocycles. The Kier molecular flexibility index (Phi) is 3.81. The zero-order valence-electron chi connectivity index (χ0n) is 19.7. The van der Waals surface area contributed by atoms with Crippen LogP contribution in [0.2, 0.25) is 0 Å². The first-order valence-electron chi connectivity index (χ1n) is 11.7. The Balaban J connectivity index is 1.91. The summed E-state index contributed by atoms with van der Waals surface area (Å²) < 4.78 is 0. The van der Waals surface area contributed by atoms with E-state index in [2.05, 4.69) is 126 Å². The second kappa shape index (κ2) is 6.23. The van der Waals surface area contributed by atoms with E-state index in [9.17, 15) is 0 Å². The fourth-order valence-electron chi connectivity index (χ4n) is 6.74. The van der Waals surface area contributed by atoms with Crippen LogP contribution in [-0.2, 0) is 16.2 Å². The molecule has 0 atom stereocenters. The molecular formula is C32H30. The number of hydrogen-bond donors (Lipinski definition) is 0. The van der Waals surface area contributed by atoms with Crippen LogP contribution in [0.25, 0.3) is 0 Å². The smallest absolute Gasteiger partial charge is 0.0619 e. The summed E-state index contributed by atoms with van der Waals surface area (Å²) in [6.45, 7) is 11.8. The summed E-state index contributed by atoms with van der Waals surface area (Å²) in [6, 6.07) is 34.6. The molecule has 0 N–H and O–H groups in total. The summed E-state index contributed by atoms with van der Waals surface area (Å²) in [5.41, 5.74) is 12.4. The quantitative estimate of drug-likeness (QED) is 0.277. The molecule has 0 heteroatoms. The first-order valence-corrected chi connectivity index (χ1v) is 11.7. The van der Waals surface area contributed by atoms with Crippen molar-refractivity contribution in [1.82, 2.24) is 0 Å². The van der Waals surface area contributed by atoms with Crippen LogP contribution in [0, 0.1) is 6.92 Å². The standard InChI is InChI=1S/C32H30/c1-21-18-19-25-29(20-21)32(28-17-11-8-14-24(28)31(25,4)5)26-15-9-6-12-22(26)30(2,3)23-13-7-10-16-27(23)32/h6-20H,1-5H3. The van der Waals surface area contributed by atoms with Gasteiger partial charge in [-0.1, -0.05) is 124 Å². The average molecular weight is 415 g/mol. The average Bonchev–Trinajstić information content (AvgIpc) is 2.79. The number of rotatable bonds is 0. The van der Waals surface area contributed by atoms with Crippen LogP contribution >= 0.6 is 0 Å². The number of aryl methyl sites for hydroxylation is 1. The van der Waals surface area contributed by atoms with Crippen molar-refractivity contribution in [3.63, 3.8) is 0 Å². The van der Waals surface area contributed by atoms with Gasteiger partial charge >= 0.3 is 0 Å². The Morgan fingerprint density at radius 2 is 0.750 bits per heavy atom. The molecular weight excluding hydrogens is 384 g/mol. The second-order valence-corrected chi connectivity index (χ2v) is 10.7. The van der Waals surface area contributed by atoms with Crippen molar-refractivity contribution < 1.29 is 0 Å². The van der Waals surface area contributed by atoms with Crippen molar-refractivity contribution in [3.05, 3.63) is 141 Å². The minimum Gasteiger partial charge on any atom is -0.0619 e. The van der Waals surface area contributed by atoms with E-state index in [-0.39, 0.29) is 16.2 Å². The molecule has 0 saturated carbocycles. The first-order chi connectivity index (χ1) is 15.3. The lowest BCUT2D eigenvalue weighted by atomic mass is 9.49. The van der Waals surface area contributed by atoms with E-state index in [1.165, 1.54) is 50.1 Å². The lowest BCUT2D eigenvalue weighted by molar-refractivity contribution is 0.514. The van der Waals surface area contributed by atoms with E-state index < -0.39 is 0 Å². The molecule has 0 heterocycles. The van der Waals surface area contributed by atoms with E-state index in [4.69, 9.17) is 0 Å².